The lowest BCUT2D eigenvalue weighted by Gasteiger charge is -2.14. The van der Waals surface area contributed by atoms with Gasteiger partial charge in [0.1, 0.15) is 11.3 Å². The van der Waals surface area contributed by atoms with Crippen molar-refractivity contribution in [1.82, 2.24) is 24.5 Å². The van der Waals surface area contributed by atoms with E-state index in [0.29, 0.717) is 27.7 Å². The van der Waals surface area contributed by atoms with Crippen molar-refractivity contribution in [3.8, 4) is 5.75 Å². The Labute approximate surface area is 201 Å². The first-order valence-corrected chi connectivity index (χ1v) is 10.8. The van der Waals surface area contributed by atoms with E-state index in [4.69, 9.17) is 0 Å². The molecule has 8 nitrogen and oxygen atoms in total. The van der Waals surface area contributed by atoms with Crippen molar-refractivity contribution in [2.75, 3.05) is 0 Å². The first-order valence-electron chi connectivity index (χ1n) is 10.8. The van der Waals surface area contributed by atoms with Crippen molar-refractivity contribution in [3.05, 3.63) is 106 Å². The predicted octanol–water partition coefficient (Wildman–Crippen LogP) is 3.92. The van der Waals surface area contributed by atoms with Gasteiger partial charge in [-0.25, -0.2) is 4.52 Å². The number of alkyl halides is 3. The Hall–Kier alpha value is -4.67. The number of carbonyl (C=O) groups is 1. The molecule has 2 aromatic carbocycles. The van der Waals surface area contributed by atoms with Gasteiger partial charge in [-0.2, -0.15) is 5.10 Å². The molecule has 3 aromatic heterocycles. The zero-order chi connectivity index (χ0) is 25.3. The number of amides is 1. The maximum atomic E-state index is 13.3. The number of benzene rings is 2. The maximum absolute atomic E-state index is 13.3. The van der Waals surface area contributed by atoms with Gasteiger partial charge in [-0.05, 0) is 53.6 Å². The maximum Gasteiger partial charge on any atom is 0.573 e. The third kappa shape index (κ3) is 4.76. The molecule has 1 amide bonds. The van der Waals surface area contributed by atoms with E-state index in [2.05, 4.69) is 20.1 Å². The zero-order valence-electron chi connectivity index (χ0n) is 18.6. The number of hydrogen-bond acceptors (Lipinski definition) is 5. The van der Waals surface area contributed by atoms with Crippen LogP contribution in [0.5, 0.6) is 5.75 Å². The van der Waals surface area contributed by atoms with Crippen molar-refractivity contribution in [2.45, 2.75) is 19.5 Å². The first-order chi connectivity index (χ1) is 17.3. The monoisotopic (exact) mass is 493 g/mol. The van der Waals surface area contributed by atoms with Crippen LogP contribution in [0.1, 0.15) is 21.5 Å². The number of aromatic nitrogens is 4. The number of carbonyl (C=O) groups excluding carboxylic acids is 1. The molecule has 5 aromatic rings. The molecule has 0 saturated carbocycles. The van der Waals surface area contributed by atoms with Gasteiger partial charge in [0.2, 0.25) is 0 Å². The molecular weight excluding hydrogens is 475 g/mol. The standard InChI is InChI=1S/C25H18F3N5O3/c26-25(27,28)36-19-6-3-16(4-7-19)15-32-22-12-18(23(34)30-14-17-2-1-10-29-13-17)5-8-20(22)33-21(24(32)35)9-11-31-33/h1-13H,14-15H2,(H,30,34). The Morgan fingerprint density at radius 1 is 0.944 bits per heavy atom. The van der Waals surface area contributed by atoms with Crippen molar-refractivity contribution in [1.29, 1.82) is 0 Å². The van der Waals surface area contributed by atoms with Crippen LogP contribution in [0.15, 0.2) is 84.0 Å². The van der Waals surface area contributed by atoms with Crippen LogP contribution in [0.25, 0.3) is 16.6 Å². The predicted molar refractivity (Wildman–Crippen MR) is 125 cm³/mol. The fourth-order valence-electron chi connectivity index (χ4n) is 3.89. The second-order valence-corrected chi connectivity index (χ2v) is 7.96. The molecule has 11 heteroatoms. The number of pyridine rings is 1. The molecule has 36 heavy (non-hydrogen) atoms. The van der Waals surface area contributed by atoms with Crippen LogP contribution in [0.4, 0.5) is 13.2 Å². The van der Waals surface area contributed by atoms with Crippen molar-refractivity contribution in [2.24, 2.45) is 0 Å². The van der Waals surface area contributed by atoms with Gasteiger partial charge in [0.15, 0.2) is 0 Å². The van der Waals surface area contributed by atoms with Crippen LogP contribution >= 0.6 is 0 Å². The zero-order valence-corrected chi connectivity index (χ0v) is 18.6. The lowest BCUT2D eigenvalue weighted by Crippen LogP contribution is -2.25. The molecule has 0 aliphatic heterocycles. The number of nitrogens with zero attached hydrogens (tertiary/aromatic N) is 4. The summed E-state index contributed by atoms with van der Waals surface area (Å²) in [5.41, 5.74) is 2.75. The average Bonchev–Trinajstić information content (AvgIpc) is 3.36. The summed E-state index contributed by atoms with van der Waals surface area (Å²) in [6, 6.07) is 15.4. The van der Waals surface area contributed by atoms with Gasteiger partial charge in [-0.3, -0.25) is 14.6 Å². The second-order valence-electron chi connectivity index (χ2n) is 7.96. The van der Waals surface area contributed by atoms with E-state index < -0.39 is 6.36 Å². The molecule has 0 unspecified atom stereocenters. The Balaban J connectivity index is 1.50. The Morgan fingerprint density at radius 3 is 2.47 bits per heavy atom. The minimum Gasteiger partial charge on any atom is -0.406 e. The van der Waals surface area contributed by atoms with Gasteiger partial charge in [-0.1, -0.05) is 18.2 Å². The molecule has 0 spiro atoms. The third-order valence-corrected chi connectivity index (χ3v) is 5.54. The average molecular weight is 493 g/mol. The molecule has 0 radical (unpaired) electrons. The lowest BCUT2D eigenvalue weighted by atomic mass is 10.1. The topological polar surface area (TPSA) is 90.5 Å². The van der Waals surface area contributed by atoms with Crippen LogP contribution in [0.3, 0.4) is 0 Å². The van der Waals surface area contributed by atoms with Crippen LogP contribution in [-0.2, 0) is 13.1 Å². The number of halogens is 3. The Kier molecular flexibility index (Phi) is 5.88. The molecule has 0 bridgehead atoms. The van der Waals surface area contributed by atoms with E-state index in [9.17, 15) is 22.8 Å². The SMILES string of the molecule is O=C(NCc1cccnc1)c1ccc2c(c1)n(Cc1ccc(OC(F)(F)F)cc1)c(=O)c1ccnn12. The highest BCUT2D eigenvalue weighted by molar-refractivity contribution is 5.97. The summed E-state index contributed by atoms with van der Waals surface area (Å²) in [5, 5.41) is 7.05. The molecule has 0 aliphatic rings. The van der Waals surface area contributed by atoms with Crippen LogP contribution in [-0.4, -0.2) is 31.4 Å². The van der Waals surface area contributed by atoms with Gasteiger partial charge < -0.3 is 14.6 Å². The summed E-state index contributed by atoms with van der Waals surface area (Å²) in [4.78, 5) is 30.1. The lowest BCUT2D eigenvalue weighted by molar-refractivity contribution is -0.274. The van der Waals surface area contributed by atoms with Gasteiger partial charge in [-0.15, -0.1) is 13.2 Å². The summed E-state index contributed by atoms with van der Waals surface area (Å²) in [7, 11) is 0. The fourth-order valence-corrected chi connectivity index (χ4v) is 3.89. The molecule has 0 fully saturated rings. The first kappa shape index (κ1) is 23.1. The van der Waals surface area contributed by atoms with Gasteiger partial charge in [0.05, 0.1) is 23.8 Å². The van der Waals surface area contributed by atoms with E-state index in [-0.39, 0.29) is 30.3 Å². The summed E-state index contributed by atoms with van der Waals surface area (Å²) < 4.78 is 44.3. The van der Waals surface area contributed by atoms with E-state index in [1.807, 2.05) is 6.07 Å². The van der Waals surface area contributed by atoms with Crippen molar-refractivity contribution in [3.63, 3.8) is 0 Å². The van der Waals surface area contributed by atoms with Crippen LogP contribution < -0.4 is 15.6 Å². The molecule has 1 N–H and O–H groups in total. The molecule has 0 saturated heterocycles. The number of rotatable bonds is 6. The van der Waals surface area contributed by atoms with Gasteiger partial charge in [0.25, 0.3) is 11.5 Å². The molecule has 0 aliphatic carbocycles. The molecule has 5 rings (SSSR count). The minimum atomic E-state index is -4.80. The molecule has 182 valence electrons. The van der Waals surface area contributed by atoms with Gasteiger partial charge in [0, 0.05) is 24.5 Å². The Morgan fingerprint density at radius 2 is 1.75 bits per heavy atom. The summed E-state index contributed by atoms with van der Waals surface area (Å²) in [6.45, 7) is 0.339. The summed E-state index contributed by atoms with van der Waals surface area (Å²) in [5.74, 6) is -0.698. The molecule has 3 heterocycles. The summed E-state index contributed by atoms with van der Waals surface area (Å²) in [6.07, 6.45) is -0.00731. The largest absolute Gasteiger partial charge is 0.573 e. The number of nitrogens with one attached hydrogen (secondary N) is 1. The quantitative estimate of drug-likeness (QED) is 0.387. The second kappa shape index (κ2) is 9.17. The van der Waals surface area contributed by atoms with E-state index in [1.165, 1.54) is 39.5 Å². The minimum absolute atomic E-state index is 0.0596. The number of fused-ring (bicyclic) bond motifs is 3. The fraction of sp³-hybridized carbons (Fsp3) is 0.120. The molecule has 0 atom stereocenters. The van der Waals surface area contributed by atoms with Crippen molar-refractivity contribution < 1.29 is 22.7 Å². The van der Waals surface area contributed by atoms with Crippen LogP contribution in [0, 0.1) is 0 Å². The highest BCUT2D eigenvalue weighted by Crippen LogP contribution is 2.24. The third-order valence-electron chi connectivity index (χ3n) is 5.54. The van der Waals surface area contributed by atoms with Gasteiger partial charge >= 0.3 is 6.36 Å². The van der Waals surface area contributed by atoms with Crippen molar-refractivity contribution >= 4 is 22.5 Å². The molecular formula is C25H18F3N5O3. The number of hydrogen-bond donors (Lipinski definition) is 1. The summed E-state index contributed by atoms with van der Waals surface area (Å²) >= 11 is 0. The van der Waals surface area contributed by atoms with E-state index in [0.717, 1.165) is 5.56 Å². The van der Waals surface area contributed by atoms with E-state index >= 15 is 0 Å². The smallest absolute Gasteiger partial charge is 0.406 e. The highest BCUT2D eigenvalue weighted by Gasteiger charge is 2.31. The van der Waals surface area contributed by atoms with E-state index in [1.54, 1.807) is 42.7 Å². The van der Waals surface area contributed by atoms with Crippen LogP contribution in [0.2, 0.25) is 0 Å². The highest BCUT2D eigenvalue weighted by atomic mass is 19.4. The number of ether oxygens (including phenoxy) is 1. The normalized spacial score (nSPS) is 11.6. The Bertz CT molecular complexity index is 1610.